The average Bonchev–Trinajstić information content (AvgIpc) is 1.77. The minimum absolute atomic E-state index is 0.587. The molecule has 0 aromatic carbocycles. The van der Waals surface area contributed by atoms with Gasteiger partial charge in [0, 0.05) is 5.92 Å². The number of hydrogen-bond acceptors (Lipinski definition) is 1. The largest absolute Gasteiger partial charge is 0.381 e. The summed E-state index contributed by atoms with van der Waals surface area (Å²) in [7, 11) is 0. The number of hydrogen-bond donors (Lipinski definition) is 0. The van der Waals surface area contributed by atoms with Crippen molar-refractivity contribution in [1.82, 2.24) is 0 Å². The molecule has 8 heavy (non-hydrogen) atoms. The van der Waals surface area contributed by atoms with Gasteiger partial charge in [-0.25, -0.2) is 0 Å². The molecule has 1 aliphatic heterocycles. The van der Waals surface area contributed by atoms with Crippen LogP contribution in [0.15, 0.2) is 12.2 Å². The standard InChI is InChI=1S/C7H12O/c1-6-3-4-8-5-7(6)2/h7H,1,3-5H2,2H3. The maximum atomic E-state index is 5.19. The lowest BCUT2D eigenvalue weighted by Crippen LogP contribution is -2.16. The smallest absolute Gasteiger partial charge is 0.0528 e. The monoisotopic (exact) mass is 112 g/mol. The molecule has 0 radical (unpaired) electrons. The lowest BCUT2D eigenvalue weighted by molar-refractivity contribution is 0.0903. The zero-order valence-corrected chi connectivity index (χ0v) is 5.31. The van der Waals surface area contributed by atoms with Crippen molar-refractivity contribution in [2.24, 2.45) is 5.92 Å². The molecule has 1 aliphatic rings. The van der Waals surface area contributed by atoms with E-state index in [1.165, 1.54) is 5.57 Å². The molecule has 0 saturated carbocycles. The Labute approximate surface area is 50.3 Å². The van der Waals surface area contributed by atoms with Gasteiger partial charge in [-0.15, -0.1) is 0 Å². The van der Waals surface area contributed by atoms with Crippen LogP contribution in [-0.4, -0.2) is 13.2 Å². The summed E-state index contributed by atoms with van der Waals surface area (Å²) in [5, 5.41) is 0. The summed E-state index contributed by atoms with van der Waals surface area (Å²) < 4.78 is 5.19. The minimum atomic E-state index is 0.587. The summed E-state index contributed by atoms with van der Waals surface area (Å²) in [5.41, 5.74) is 1.34. The van der Waals surface area contributed by atoms with Crippen LogP contribution in [0.2, 0.25) is 0 Å². The maximum Gasteiger partial charge on any atom is 0.0528 e. The summed E-state index contributed by atoms with van der Waals surface area (Å²) in [5.74, 6) is 0.587. The van der Waals surface area contributed by atoms with Crippen molar-refractivity contribution in [3.05, 3.63) is 12.2 Å². The van der Waals surface area contributed by atoms with E-state index in [1.54, 1.807) is 0 Å². The molecule has 1 unspecified atom stereocenters. The van der Waals surface area contributed by atoms with Crippen molar-refractivity contribution in [2.45, 2.75) is 13.3 Å². The first-order valence-electron chi connectivity index (χ1n) is 3.06. The molecule has 46 valence electrons. The first kappa shape index (κ1) is 5.83. The van der Waals surface area contributed by atoms with Gasteiger partial charge in [-0.05, 0) is 6.42 Å². The Kier molecular flexibility index (Phi) is 1.69. The molecule has 0 amide bonds. The first-order chi connectivity index (χ1) is 3.80. The Morgan fingerprint density at radius 3 is 2.88 bits per heavy atom. The Morgan fingerprint density at radius 2 is 2.50 bits per heavy atom. The first-order valence-corrected chi connectivity index (χ1v) is 3.06. The molecule has 0 N–H and O–H groups in total. The van der Waals surface area contributed by atoms with Crippen LogP contribution in [-0.2, 0) is 4.74 Å². The van der Waals surface area contributed by atoms with E-state index < -0.39 is 0 Å². The Bertz CT molecular complexity index is 96.6. The van der Waals surface area contributed by atoms with E-state index in [2.05, 4.69) is 13.5 Å². The summed E-state index contributed by atoms with van der Waals surface area (Å²) >= 11 is 0. The van der Waals surface area contributed by atoms with Gasteiger partial charge >= 0.3 is 0 Å². The second-order valence-electron chi connectivity index (χ2n) is 2.38. The van der Waals surface area contributed by atoms with E-state index in [9.17, 15) is 0 Å². The van der Waals surface area contributed by atoms with Crippen molar-refractivity contribution < 1.29 is 4.74 Å². The van der Waals surface area contributed by atoms with Gasteiger partial charge in [-0.3, -0.25) is 0 Å². The molecule has 1 nitrogen and oxygen atoms in total. The third-order valence-electron chi connectivity index (χ3n) is 1.63. The molecule has 1 atom stereocenters. The van der Waals surface area contributed by atoms with Gasteiger partial charge in [0.1, 0.15) is 0 Å². The Balaban J connectivity index is 2.39. The van der Waals surface area contributed by atoms with Crippen LogP contribution in [0.5, 0.6) is 0 Å². The van der Waals surface area contributed by atoms with Crippen molar-refractivity contribution in [2.75, 3.05) is 13.2 Å². The van der Waals surface area contributed by atoms with Gasteiger partial charge in [0.05, 0.1) is 13.2 Å². The molecule has 1 fully saturated rings. The highest BCUT2D eigenvalue weighted by molar-refractivity contribution is 5.00. The zero-order valence-electron chi connectivity index (χ0n) is 5.31. The summed E-state index contributed by atoms with van der Waals surface area (Å²) in [6.07, 6.45) is 1.06. The van der Waals surface area contributed by atoms with E-state index >= 15 is 0 Å². The lowest BCUT2D eigenvalue weighted by atomic mass is 9.99. The molecule has 1 rings (SSSR count). The van der Waals surface area contributed by atoms with Gasteiger partial charge < -0.3 is 4.74 Å². The predicted octanol–water partition coefficient (Wildman–Crippen LogP) is 1.60. The molecule has 0 aliphatic carbocycles. The molecule has 0 aromatic rings. The summed E-state index contributed by atoms with van der Waals surface area (Å²) in [6.45, 7) is 7.82. The highest BCUT2D eigenvalue weighted by Gasteiger charge is 2.11. The zero-order chi connectivity index (χ0) is 5.98. The van der Waals surface area contributed by atoms with Crippen LogP contribution >= 0.6 is 0 Å². The molecule has 1 heteroatoms. The van der Waals surface area contributed by atoms with E-state index in [1.807, 2.05) is 0 Å². The number of rotatable bonds is 0. The predicted molar refractivity (Wildman–Crippen MR) is 33.7 cm³/mol. The number of ether oxygens (including phenoxy) is 1. The molecular formula is C7H12O. The fourth-order valence-corrected chi connectivity index (χ4v) is 0.828. The van der Waals surface area contributed by atoms with E-state index in [0.29, 0.717) is 5.92 Å². The van der Waals surface area contributed by atoms with Gasteiger partial charge in [0.15, 0.2) is 0 Å². The van der Waals surface area contributed by atoms with Crippen molar-refractivity contribution in [3.8, 4) is 0 Å². The third-order valence-corrected chi connectivity index (χ3v) is 1.63. The fourth-order valence-electron chi connectivity index (χ4n) is 0.828. The average molecular weight is 112 g/mol. The summed E-state index contributed by atoms with van der Waals surface area (Å²) in [6, 6.07) is 0. The van der Waals surface area contributed by atoms with Crippen LogP contribution < -0.4 is 0 Å². The molecule has 1 heterocycles. The van der Waals surface area contributed by atoms with Crippen molar-refractivity contribution in [3.63, 3.8) is 0 Å². The highest BCUT2D eigenvalue weighted by atomic mass is 16.5. The molecule has 0 spiro atoms. The van der Waals surface area contributed by atoms with Crippen LogP contribution in [0.1, 0.15) is 13.3 Å². The molecule has 1 saturated heterocycles. The normalized spacial score (nSPS) is 30.6. The Hall–Kier alpha value is -0.300. The minimum Gasteiger partial charge on any atom is -0.381 e. The van der Waals surface area contributed by atoms with Crippen LogP contribution in [0.3, 0.4) is 0 Å². The van der Waals surface area contributed by atoms with Gasteiger partial charge in [-0.2, -0.15) is 0 Å². The SMILES string of the molecule is C=C1CCOCC1C. The Morgan fingerprint density at radius 1 is 1.75 bits per heavy atom. The van der Waals surface area contributed by atoms with Gasteiger partial charge in [0.2, 0.25) is 0 Å². The maximum absolute atomic E-state index is 5.19. The highest BCUT2D eigenvalue weighted by Crippen LogP contribution is 2.17. The second-order valence-corrected chi connectivity index (χ2v) is 2.38. The van der Waals surface area contributed by atoms with Gasteiger partial charge in [-0.1, -0.05) is 19.1 Å². The lowest BCUT2D eigenvalue weighted by Gasteiger charge is -2.20. The third kappa shape index (κ3) is 1.10. The van der Waals surface area contributed by atoms with E-state index in [4.69, 9.17) is 4.74 Å². The molecular weight excluding hydrogens is 100 g/mol. The fraction of sp³-hybridized carbons (Fsp3) is 0.714. The van der Waals surface area contributed by atoms with Crippen molar-refractivity contribution >= 4 is 0 Å². The summed E-state index contributed by atoms with van der Waals surface area (Å²) in [4.78, 5) is 0. The van der Waals surface area contributed by atoms with Crippen molar-refractivity contribution in [1.29, 1.82) is 0 Å². The molecule has 0 aromatic heterocycles. The van der Waals surface area contributed by atoms with Crippen LogP contribution in [0.4, 0.5) is 0 Å². The second kappa shape index (κ2) is 2.31. The quantitative estimate of drug-likeness (QED) is 0.432. The molecule has 0 bridgehead atoms. The topological polar surface area (TPSA) is 9.23 Å². The van der Waals surface area contributed by atoms with Gasteiger partial charge in [0.25, 0.3) is 0 Å². The van der Waals surface area contributed by atoms with E-state index in [0.717, 1.165) is 19.6 Å². The van der Waals surface area contributed by atoms with Crippen LogP contribution in [0.25, 0.3) is 0 Å². The van der Waals surface area contributed by atoms with Crippen LogP contribution in [0, 0.1) is 5.92 Å². The van der Waals surface area contributed by atoms with E-state index in [-0.39, 0.29) is 0 Å².